The van der Waals surface area contributed by atoms with E-state index in [0.717, 1.165) is 18.4 Å². The Labute approximate surface area is 185 Å². The monoisotopic (exact) mass is 436 g/mol. The van der Waals surface area contributed by atoms with Crippen LogP contribution in [0.15, 0.2) is 47.5 Å². The van der Waals surface area contributed by atoms with Gasteiger partial charge in [-0.3, -0.25) is 9.59 Å². The molecular formula is C25H25FN2O4. The standard InChI is InChI=1S/C25H25FN2O4/c26-18-10-11-19(29)22-17(18)14-32-25(23(22)20(30)13-28-12-4-7-21(28)31)27-24(16-8-9-16)15-5-2-1-3-6-15/h1-3,5-6,10-11,16,23-24,29H,4,7-9,12-14H2/t23?,24-/m1/s1. The summed E-state index contributed by atoms with van der Waals surface area (Å²) in [6.07, 6.45) is 3.20. The maximum atomic E-state index is 14.5. The third-order valence-corrected chi connectivity index (χ3v) is 6.49. The molecule has 7 heteroatoms. The van der Waals surface area contributed by atoms with Gasteiger partial charge in [0.05, 0.1) is 12.6 Å². The van der Waals surface area contributed by atoms with Crippen molar-refractivity contribution in [2.24, 2.45) is 10.9 Å². The third-order valence-electron chi connectivity index (χ3n) is 6.49. The lowest BCUT2D eigenvalue weighted by atomic mass is 9.87. The van der Waals surface area contributed by atoms with Crippen LogP contribution in [0.4, 0.5) is 4.39 Å². The Hall–Kier alpha value is -3.22. The highest BCUT2D eigenvalue weighted by Crippen LogP contribution is 2.45. The van der Waals surface area contributed by atoms with E-state index < -0.39 is 11.7 Å². The Morgan fingerprint density at radius 3 is 2.69 bits per heavy atom. The number of carbonyl (C=O) groups is 2. The smallest absolute Gasteiger partial charge is 0.223 e. The summed E-state index contributed by atoms with van der Waals surface area (Å²) in [5, 5.41) is 10.6. The van der Waals surface area contributed by atoms with Crippen LogP contribution in [0.3, 0.4) is 0 Å². The van der Waals surface area contributed by atoms with E-state index in [2.05, 4.69) is 0 Å². The van der Waals surface area contributed by atoms with Gasteiger partial charge in [0.15, 0.2) is 11.7 Å². The minimum Gasteiger partial charge on any atom is -0.508 e. The van der Waals surface area contributed by atoms with E-state index in [1.807, 2.05) is 30.3 Å². The van der Waals surface area contributed by atoms with E-state index >= 15 is 0 Å². The van der Waals surface area contributed by atoms with E-state index in [4.69, 9.17) is 9.73 Å². The summed E-state index contributed by atoms with van der Waals surface area (Å²) in [5.74, 6) is -1.60. The number of phenols is 1. The van der Waals surface area contributed by atoms with E-state index in [9.17, 15) is 19.1 Å². The second-order valence-corrected chi connectivity index (χ2v) is 8.73. The molecule has 2 aromatic rings. The van der Waals surface area contributed by atoms with Crippen LogP contribution in [0.1, 0.15) is 54.3 Å². The Morgan fingerprint density at radius 2 is 2.00 bits per heavy atom. The third kappa shape index (κ3) is 3.87. The van der Waals surface area contributed by atoms with Crippen molar-refractivity contribution in [3.63, 3.8) is 0 Å². The number of phenolic OH excluding ortho intramolecular Hbond substituents is 1. The van der Waals surface area contributed by atoms with Crippen LogP contribution in [0.25, 0.3) is 0 Å². The predicted molar refractivity (Wildman–Crippen MR) is 116 cm³/mol. The second kappa shape index (κ2) is 8.37. The van der Waals surface area contributed by atoms with Gasteiger partial charge in [-0.15, -0.1) is 0 Å². The minimum absolute atomic E-state index is 0.0719. The molecule has 2 heterocycles. The van der Waals surface area contributed by atoms with Crippen LogP contribution < -0.4 is 0 Å². The van der Waals surface area contributed by atoms with Gasteiger partial charge in [-0.05, 0) is 42.9 Å². The summed E-state index contributed by atoms with van der Waals surface area (Å²) in [7, 11) is 0. The first-order valence-corrected chi connectivity index (χ1v) is 11.1. The Balaban J connectivity index is 1.56. The molecule has 1 saturated carbocycles. The lowest BCUT2D eigenvalue weighted by Gasteiger charge is -2.30. The van der Waals surface area contributed by atoms with Crippen molar-refractivity contribution in [1.82, 2.24) is 4.90 Å². The molecule has 32 heavy (non-hydrogen) atoms. The number of aliphatic imine (C=N–C) groups is 1. The lowest BCUT2D eigenvalue weighted by Crippen LogP contribution is -2.38. The maximum absolute atomic E-state index is 14.5. The first kappa shape index (κ1) is 20.7. The van der Waals surface area contributed by atoms with Crippen molar-refractivity contribution in [2.75, 3.05) is 13.1 Å². The number of likely N-dealkylation sites (tertiary alicyclic amines) is 1. The van der Waals surface area contributed by atoms with Crippen LogP contribution >= 0.6 is 0 Å². The van der Waals surface area contributed by atoms with Crippen molar-refractivity contribution < 1.29 is 23.8 Å². The van der Waals surface area contributed by atoms with Crippen molar-refractivity contribution in [1.29, 1.82) is 0 Å². The summed E-state index contributed by atoms with van der Waals surface area (Å²) in [5.41, 5.74) is 1.40. The Morgan fingerprint density at radius 1 is 1.22 bits per heavy atom. The number of nitrogens with zero attached hydrogens (tertiary/aromatic N) is 2. The fraction of sp³-hybridized carbons (Fsp3) is 0.400. The van der Waals surface area contributed by atoms with Crippen LogP contribution in [0, 0.1) is 11.7 Å². The van der Waals surface area contributed by atoms with Gasteiger partial charge in [-0.2, -0.15) is 0 Å². The fourth-order valence-corrected chi connectivity index (χ4v) is 4.66. The van der Waals surface area contributed by atoms with Gasteiger partial charge in [0, 0.05) is 24.1 Å². The molecule has 2 aliphatic heterocycles. The van der Waals surface area contributed by atoms with E-state index in [-0.39, 0.29) is 53.7 Å². The SMILES string of the molecule is O=C(CN1CCCC1=O)C1C(=N[C@H](c2ccccc2)C2CC2)OCc2c(F)ccc(O)c21. The van der Waals surface area contributed by atoms with Gasteiger partial charge in [-0.1, -0.05) is 30.3 Å². The summed E-state index contributed by atoms with van der Waals surface area (Å²) >= 11 is 0. The number of hydrogen-bond donors (Lipinski definition) is 1. The number of ketones is 1. The van der Waals surface area contributed by atoms with E-state index in [0.29, 0.717) is 25.3 Å². The molecule has 1 unspecified atom stereocenters. The zero-order valence-electron chi connectivity index (χ0n) is 17.7. The number of aromatic hydroxyl groups is 1. The van der Waals surface area contributed by atoms with Crippen molar-refractivity contribution in [3.05, 3.63) is 65.0 Å². The van der Waals surface area contributed by atoms with Gasteiger partial charge in [0.25, 0.3) is 0 Å². The van der Waals surface area contributed by atoms with Crippen LogP contribution in [-0.2, 0) is 20.9 Å². The van der Waals surface area contributed by atoms with Gasteiger partial charge < -0.3 is 14.7 Å². The molecule has 166 valence electrons. The number of hydrogen-bond acceptors (Lipinski definition) is 5. The molecule has 2 aromatic carbocycles. The largest absolute Gasteiger partial charge is 0.508 e. The van der Waals surface area contributed by atoms with Crippen molar-refractivity contribution in [2.45, 2.75) is 44.2 Å². The van der Waals surface area contributed by atoms with Gasteiger partial charge in [0.2, 0.25) is 5.91 Å². The van der Waals surface area contributed by atoms with Gasteiger partial charge in [0.1, 0.15) is 24.1 Å². The Bertz CT molecular complexity index is 1080. The summed E-state index contributed by atoms with van der Waals surface area (Å²) in [6.45, 7) is 0.301. The molecule has 0 aromatic heterocycles. The number of benzene rings is 2. The van der Waals surface area contributed by atoms with Crippen molar-refractivity contribution in [3.8, 4) is 5.75 Å². The van der Waals surface area contributed by atoms with E-state index in [1.54, 1.807) is 0 Å². The number of rotatable bonds is 6. The summed E-state index contributed by atoms with van der Waals surface area (Å²) in [6, 6.07) is 12.1. The fourth-order valence-electron chi connectivity index (χ4n) is 4.66. The van der Waals surface area contributed by atoms with Crippen LogP contribution in [0.2, 0.25) is 0 Å². The highest BCUT2D eigenvalue weighted by Gasteiger charge is 2.41. The molecule has 0 bridgehead atoms. The van der Waals surface area contributed by atoms with Crippen LogP contribution in [-0.4, -0.2) is 40.7 Å². The molecule has 0 spiro atoms. The van der Waals surface area contributed by atoms with Gasteiger partial charge >= 0.3 is 0 Å². The van der Waals surface area contributed by atoms with Crippen molar-refractivity contribution >= 4 is 17.6 Å². The number of ether oxygens (including phenoxy) is 1. The van der Waals surface area contributed by atoms with Gasteiger partial charge in [-0.25, -0.2) is 9.38 Å². The summed E-state index contributed by atoms with van der Waals surface area (Å²) in [4.78, 5) is 31.9. The number of Topliss-reactive ketones (excluding diaryl/α,β-unsaturated/α-hetero) is 1. The predicted octanol–water partition coefficient (Wildman–Crippen LogP) is 3.89. The molecule has 2 fully saturated rings. The quantitative estimate of drug-likeness (QED) is 0.745. The summed E-state index contributed by atoms with van der Waals surface area (Å²) < 4.78 is 20.4. The number of carbonyl (C=O) groups excluding carboxylic acids is 2. The molecule has 2 atom stereocenters. The highest BCUT2D eigenvalue weighted by atomic mass is 19.1. The number of amides is 1. The molecular weight excluding hydrogens is 411 g/mol. The topological polar surface area (TPSA) is 79.2 Å². The maximum Gasteiger partial charge on any atom is 0.223 e. The molecule has 6 nitrogen and oxygen atoms in total. The first-order chi connectivity index (χ1) is 15.5. The first-order valence-electron chi connectivity index (χ1n) is 11.1. The highest BCUT2D eigenvalue weighted by molar-refractivity contribution is 6.09. The molecule has 1 aliphatic carbocycles. The number of halogens is 1. The molecule has 1 amide bonds. The van der Waals surface area contributed by atoms with E-state index in [1.165, 1.54) is 17.0 Å². The zero-order chi connectivity index (χ0) is 22.2. The normalized spacial score (nSPS) is 22.5. The van der Waals surface area contributed by atoms with Crippen LogP contribution in [0.5, 0.6) is 5.75 Å². The molecule has 0 radical (unpaired) electrons. The second-order valence-electron chi connectivity index (χ2n) is 8.73. The molecule has 1 saturated heterocycles. The lowest BCUT2D eigenvalue weighted by molar-refractivity contribution is -0.132. The Kier molecular flexibility index (Phi) is 5.41. The molecule has 3 aliphatic rings. The zero-order valence-corrected chi connectivity index (χ0v) is 17.7. The average molecular weight is 436 g/mol. The molecule has 1 N–H and O–H groups in total. The minimum atomic E-state index is -1.05. The molecule has 5 rings (SSSR count). The average Bonchev–Trinajstić information content (AvgIpc) is 3.57. The number of fused-ring (bicyclic) bond motifs is 1.